The summed E-state index contributed by atoms with van der Waals surface area (Å²) in [6.07, 6.45) is 6.68. The highest BCUT2D eigenvalue weighted by atomic mass is 16.5. The van der Waals surface area contributed by atoms with Crippen LogP contribution in [0.3, 0.4) is 0 Å². The van der Waals surface area contributed by atoms with Gasteiger partial charge in [-0.05, 0) is 116 Å². The van der Waals surface area contributed by atoms with E-state index in [4.69, 9.17) is 19.5 Å². The van der Waals surface area contributed by atoms with Crippen LogP contribution in [0.5, 0.6) is 11.5 Å². The number of nitriles is 1. The molecule has 4 aromatic carbocycles. The van der Waals surface area contributed by atoms with Gasteiger partial charge in [0.2, 0.25) is 0 Å². The summed E-state index contributed by atoms with van der Waals surface area (Å²) in [4.78, 5) is 36.5. The van der Waals surface area contributed by atoms with E-state index in [1.165, 1.54) is 6.08 Å². The molecule has 0 saturated heterocycles. The number of unbranched alkanes of at least 4 members (excludes halogenated alkanes) is 3. The minimum Gasteiger partial charge on any atom is -0.494 e. The summed E-state index contributed by atoms with van der Waals surface area (Å²) < 4.78 is 16.4. The molecule has 0 N–H and O–H groups in total. The highest BCUT2D eigenvalue weighted by Crippen LogP contribution is 2.23. The monoisotopic (exact) mass is 613 g/mol. The van der Waals surface area contributed by atoms with E-state index in [-0.39, 0.29) is 17.3 Å². The molecular formula is C39H35NO6. The Morgan fingerprint density at radius 1 is 0.717 bits per heavy atom. The molecule has 0 spiro atoms. The number of hydrogen-bond donors (Lipinski definition) is 0. The maximum absolute atomic E-state index is 12.5. The number of benzene rings is 4. The van der Waals surface area contributed by atoms with Crippen molar-refractivity contribution in [2.45, 2.75) is 32.6 Å². The van der Waals surface area contributed by atoms with Crippen LogP contribution in [-0.4, -0.2) is 30.9 Å². The zero-order chi connectivity index (χ0) is 32.7. The molecule has 0 saturated carbocycles. The lowest BCUT2D eigenvalue weighted by atomic mass is 10.0. The number of allylic oxidation sites excluding steroid dienone is 1. The molecule has 46 heavy (non-hydrogen) atoms. The third-order valence-corrected chi connectivity index (χ3v) is 7.01. The quantitative estimate of drug-likeness (QED) is 0.0436. The van der Waals surface area contributed by atoms with Gasteiger partial charge < -0.3 is 14.2 Å². The Labute approximate surface area is 269 Å². The Balaban J connectivity index is 1.09. The van der Waals surface area contributed by atoms with Gasteiger partial charge in [-0.15, -0.1) is 0 Å². The molecule has 0 aromatic heterocycles. The Bertz CT molecular complexity index is 1710. The molecule has 0 fully saturated rings. The average Bonchev–Trinajstić information content (AvgIpc) is 3.09. The summed E-state index contributed by atoms with van der Waals surface area (Å²) in [5, 5.41) is 8.94. The van der Waals surface area contributed by atoms with Crippen molar-refractivity contribution in [3.63, 3.8) is 0 Å². The number of ether oxygens (including phenoxy) is 3. The standard InChI is InChI=1S/C39H35NO6/c1-28(2)38(42)46-36-22-18-33(19-23-36)37(41)24-11-29-7-14-34(15-8-29)39(43)45-26-6-4-3-5-25-44-35-20-16-32(17-21-35)31-12-9-30(27-40)10-13-31/h7-24H,1,3-6,25-26H2,2H3/b24-11+. The fraction of sp³-hybridized carbons (Fsp3) is 0.179. The van der Waals surface area contributed by atoms with E-state index in [1.54, 1.807) is 61.5 Å². The van der Waals surface area contributed by atoms with Crippen LogP contribution in [0.1, 0.15) is 64.4 Å². The highest BCUT2D eigenvalue weighted by Gasteiger charge is 2.09. The SMILES string of the molecule is C=C(C)C(=O)Oc1ccc(C(=O)/C=C/c2ccc(C(=O)OCCCCCCOc3ccc(-c4ccc(C#N)cc4)cc3)cc2)cc1. The highest BCUT2D eigenvalue weighted by molar-refractivity contribution is 6.07. The lowest BCUT2D eigenvalue weighted by Crippen LogP contribution is -2.08. The van der Waals surface area contributed by atoms with Gasteiger partial charge >= 0.3 is 11.9 Å². The van der Waals surface area contributed by atoms with Gasteiger partial charge in [-0.25, -0.2) is 9.59 Å². The molecule has 0 aliphatic carbocycles. The van der Waals surface area contributed by atoms with Gasteiger partial charge in [0, 0.05) is 11.1 Å². The molecule has 0 aliphatic rings. The Hall–Kier alpha value is -5.74. The molecule has 0 amide bonds. The minimum absolute atomic E-state index is 0.206. The molecule has 0 aliphatic heterocycles. The van der Waals surface area contributed by atoms with E-state index in [2.05, 4.69) is 12.6 Å². The largest absolute Gasteiger partial charge is 0.494 e. The maximum Gasteiger partial charge on any atom is 0.338 e. The molecule has 232 valence electrons. The van der Waals surface area contributed by atoms with Crippen LogP contribution in [0.4, 0.5) is 0 Å². The average molecular weight is 614 g/mol. The summed E-state index contributed by atoms with van der Waals surface area (Å²) in [6, 6.07) is 30.6. The number of carbonyl (C=O) groups excluding carboxylic acids is 3. The van der Waals surface area contributed by atoms with Crippen molar-refractivity contribution in [2.24, 2.45) is 0 Å². The van der Waals surface area contributed by atoms with Gasteiger partial charge in [0.15, 0.2) is 5.78 Å². The molecule has 4 rings (SSSR count). The van der Waals surface area contributed by atoms with Crippen molar-refractivity contribution in [1.82, 2.24) is 0 Å². The van der Waals surface area contributed by atoms with Gasteiger partial charge in [-0.3, -0.25) is 4.79 Å². The number of rotatable bonds is 15. The number of carbonyl (C=O) groups is 3. The predicted molar refractivity (Wildman–Crippen MR) is 178 cm³/mol. The molecule has 0 radical (unpaired) electrons. The van der Waals surface area contributed by atoms with E-state index >= 15 is 0 Å². The van der Waals surface area contributed by atoms with Crippen molar-refractivity contribution in [1.29, 1.82) is 5.26 Å². The number of hydrogen-bond acceptors (Lipinski definition) is 7. The molecule has 0 heterocycles. The van der Waals surface area contributed by atoms with Gasteiger partial charge in [-0.1, -0.05) is 49.1 Å². The van der Waals surface area contributed by atoms with Crippen LogP contribution >= 0.6 is 0 Å². The smallest absolute Gasteiger partial charge is 0.338 e. The van der Waals surface area contributed by atoms with Gasteiger partial charge in [0.1, 0.15) is 11.5 Å². The number of esters is 2. The molecular weight excluding hydrogens is 578 g/mol. The second-order valence-corrected chi connectivity index (χ2v) is 10.6. The van der Waals surface area contributed by atoms with E-state index in [1.807, 2.05) is 48.5 Å². The van der Waals surface area contributed by atoms with Crippen LogP contribution in [0.15, 0.2) is 115 Å². The van der Waals surface area contributed by atoms with Crippen molar-refractivity contribution in [3.8, 4) is 28.7 Å². The van der Waals surface area contributed by atoms with Crippen LogP contribution in [-0.2, 0) is 9.53 Å². The number of ketones is 1. The normalized spacial score (nSPS) is 10.6. The van der Waals surface area contributed by atoms with Gasteiger partial charge in [0.05, 0.1) is 30.4 Å². The fourth-order valence-electron chi connectivity index (χ4n) is 4.36. The third kappa shape index (κ3) is 10.2. The third-order valence-electron chi connectivity index (χ3n) is 7.01. The van der Waals surface area contributed by atoms with Gasteiger partial charge in [-0.2, -0.15) is 5.26 Å². The Morgan fingerprint density at radius 3 is 1.89 bits per heavy atom. The molecule has 0 bridgehead atoms. The first-order chi connectivity index (χ1) is 22.3. The van der Waals surface area contributed by atoms with Crippen molar-refractivity contribution < 1.29 is 28.6 Å². The molecule has 0 atom stereocenters. The fourth-order valence-corrected chi connectivity index (χ4v) is 4.36. The summed E-state index contributed by atoms with van der Waals surface area (Å²) >= 11 is 0. The lowest BCUT2D eigenvalue weighted by molar-refractivity contribution is -0.130. The minimum atomic E-state index is -0.523. The Morgan fingerprint density at radius 2 is 1.28 bits per heavy atom. The zero-order valence-electron chi connectivity index (χ0n) is 25.7. The van der Waals surface area contributed by atoms with Crippen molar-refractivity contribution in [3.05, 3.63) is 138 Å². The molecule has 7 nitrogen and oxygen atoms in total. The van der Waals surface area contributed by atoms with Crippen molar-refractivity contribution >= 4 is 23.8 Å². The Kier molecular flexibility index (Phi) is 12.2. The van der Waals surface area contributed by atoms with E-state index in [9.17, 15) is 14.4 Å². The summed E-state index contributed by atoms with van der Waals surface area (Å²) in [5.41, 5.74) is 4.71. The summed E-state index contributed by atoms with van der Waals surface area (Å²) in [5.74, 6) is 0.0378. The first-order valence-electron chi connectivity index (χ1n) is 15.0. The second kappa shape index (κ2) is 16.9. The van der Waals surface area contributed by atoms with E-state index in [0.29, 0.717) is 35.7 Å². The van der Waals surface area contributed by atoms with Crippen LogP contribution in [0, 0.1) is 11.3 Å². The van der Waals surface area contributed by atoms with E-state index in [0.717, 1.165) is 48.1 Å². The topological polar surface area (TPSA) is 103 Å². The van der Waals surface area contributed by atoms with Crippen molar-refractivity contribution in [2.75, 3.05) is 13.2 Å². The first kappa shape index (κ1) is 33.2. The van der Waals surface area contributed by atoms with Crippen LogP contribution in [0.25, 0.3) is 17.2 Å². The predicted octanol–water partition coefficient (Wildman–Crippen LogP) is 8.40. The summed E-state index contributed by atoms with van der Waals surface area (Å²) in [7, 11) is 0. The van der Waals surface area contributed by atoms with Crippen LogP contribution < -0.4 is 9.47 Å². The molecule has 4 aromatic rings. The van der Waals surface area contributed by atoms with E-state index < -0.39 is 5.97 Å². The second-order valence-electron chi connectivity index (χ2n) is 10.6. The van der Waals surface area contributed by atoms with Crippen LogP contribution in [0.2, 0.25) is 0 Å². The van der Waals surface area contributed by atoms with Gasteiger partial charge in [0.25, 0.3) is 0 Å². The molecule has 7 heteroatoms. The maximum atomic E-state index is 12.5. The number of nitrogens with zero attached hydrogens (tertiary/aromatic N) is 1. The summed E-state index contributed by atoms with van der Waals surface area (Å²) in [6.45, 7) is 6.06. The first-order valence-corrected chi connectivity index (χ1v) is 15.0. The zero-order valence-corrected chi connectivity index (χ0v) is 25.7. The molecule has 0 unspecified atom stereocenters. The lowest BCUT2D eigenvalue weighted by Gasteiger charge is -2.08.